The molecule has 4 nitrogen and oxygen atoms in total. The molecular weight excluding hydrogens is 286 g/mol. The second kappa shape index (κ2) is 9.33. The maximum atomic E-state index is 12.3. The fourth-order valence-electron chi connectivity index (χ4n) is 2.86. The van der Waals surface area contributed by atoms with E-state index in [9.17, 15) is 4.79 Å². The minimum atomic E-state index is -0.0525. The number of benzene rings is 1. The first kappa shape index (κ1) is 17.5. The van der Waals surface area contributed by atoms with Crippen LogP contribution in [0.25, 0.3) is 11.0 Å². The molecule has 1 aromatic heterocycles. The number of hydrogen-bond acceptors (Lipinski definition) is 3. The van der Waals surface area contributed by atoms with Crippen molar-refractivity contribution in [2.24, 2.45) is 7.05 Å². The molecule has 0 atom stereocenters. The summed E-state index contributed by atoms with van der Waals surface area (Å²) in [6.07, 6.45) is 10.3. The van der Waals surface area contributed by atoms with Gasteiger partial charge in [-0.2, -0.15) is 0 Å². The molecule has 0 saturated heterocycles. The zero-order valence-electron chi connectivity index (χ0n) is 14.5. The number of rotatable bonds is 10. The smallest absolute Gasteiger partial charge is 0.293 e. The average molecular weight is 315 g/mol. The number of para-hydroxylation sites is 2. The molecule has 23 heavy (non-hydrogen) atoms. The van der Waals surface area contributed by atoms with Crippen LogP contribution in [0.15, 0.2) is 29.1 Å². The van der Waals surface area contributed by atoms with Crippen LogP contribution in [-0.2, 0) is 7.05 Å². The normalized spacial score (nSPS) is 11.0. The van der Waals surface area contributed by atoms with Gasteiger partial charge in [0.05, 0.1) is 11.0 Å². The van der Waals surface area contributed by atoms with Crippen molar-refractivity contribution < 1.29 is 0 Å². The zero-order chi connectivity index (χ0) is 16.5. The van der Waals surface area contributed by atoms with Crippen LogP contribution in [-0.4, -0.2) is 16.1 Å². The Kier molecular flexibility index (Phi) is 7.11. The summed E-state index contributed by atoms with van der Waals surface area (Å²) in [6, 6.07) is 7.74. The SMILES string of the molecule is CCCCCCCCCCNc1nc2ccccc2n(C)c1=O. The van der Waals surface area contributed by atoms with Gasteiger partial charge in [0.15, 0.2) is 5.82 Å². The molecule has 0 aliphatic carbocycles. The lowest BCUT2D eigenvalue weighted by Gasteiger charge is -2.09. The van der Waals surface area contributed by atoms with Crippen LogP contribution in [0.1, 0.15) is 58.3 Å². The Hall–Kier alpha value is -1.84. The lowest BCUT2D eigenvalue weighted by molar-refractivity contribution is 0.581. The van der Waals surface area contributed by atoms with E-state index in [1.54, 1.807) is 11.6 Å². The van der Waals surface area contributed by atoms with Gasteiger partial charge in [-0.05, 0) is 18.6 Å². The van der Waals surface area contributed by atoms with Gasteiger partial charge in [-0.25, -0.2) is 4.98 Å². The van der Waals surface area contributed by atoms with Crippen molar-refractivity contribution in [2.45, 2.75) is 58.3 Å². The van der Waals surface area contributed by atoms with Crippen molar-refractivity contribution in [1.29, 1.82) is 0 Å². The highest BCUT2D eigenvalue weighted by molar-refractivity contribution is 5.76. The molecule has 0 fully saturated rings. The number of anilines is 1. The van der Waals surface area contributed by atoms with Crippen LogP contribution in [0.4, 0.5) is 5.82 Å². The van der Waals surface area contributed by atoms with E-state index >= 15 is 0 Å². The Bertz CT molecular complexity index is 663. The number of nitrogens with one attached hydrogen (secondary N) is 1. The molecule has 2 aromatic rings. The van der Waals surface area contributed by atoms with Crippen molar-refractivity contribution >= 4 is 16.9 Å². The summed E-state index contributed by atoms with van der Waals surface area (Å²) in [5.41, 5.74) is 1.67. The minimum absolute atomic E-state index is 0.0525. The first-order valence-electron chi connectivity index (χ1n) is 8.93. The molecule has 0 radical (unpaired) electrons. The molecular formula is C19H29N3O. The third-order valence-electron chi connectivity index (χ3n) is 4.31. The van der Waals surface area contributed by atoms with E-state index in [-0.39, 0.29) is 5.56 Å². The Morgan fingerprint density at radius 3 is 2.39 bits per heavy atom. The molecule has 0 aliphatic heterocycles. The van der Waals surface area contributed by atoms with Crippen LogP contribution < -0.4 is 10.9 Å². The molecule has 0 bridgehead atoms. The monoisotopic (exact) mass is 315 g/mol. The summed E-state index contributed by atoms with van der Waals surface area (Å²) in [6.45, 7) is 3.06. The average Bonchev–Trinajstić information content (AvgIpc) is 2.57. The van der Waals surface area contributed by atoms with Crippen LogP contribution in [0.3, 0.4) is 0 Å². The van der Waals surface area contributed by atoms with E-state index in [2.05, 4.69) is 17.2 Å². The minimum Gasteiger partial charge on any atom is -0.365 e. The molecule has 126 valence electrons. The number of nitrogens with zero attached hydrogens (tertiary/aromatic N) is 2. The third kappa shape index (κ3) is 5.08. The van der Waals surface area contributed by atoms with E-state index in [0.29, 0.717) is 5.82 Å². The largest absolute Gasteiger partial charge is 0.365 e. The van der Waals surface area contributed by atoms with Gasteiger partial charge in [0.1, 0.15) is 0 Å². The highest BCUT2D eigenvalue weighted by Crippen LogP contribution is 2.11. The van der Waals surface area contributed by atoms with Gasteiger partial charge in [-0.15, -0.1) is 0 Å². The lowest BCUT2D eigenvalue weighted by Crippen LogP contribution is -2.23. The van der Waals surface area contributed by atoms with Gasteiger partial charge in [0, 0.05) is 13.6 Å². The number of unbranched alkanes of at least 4 members (excludes halogenated alkanes) is 7. The van der Waals surface area contributed by atoms with Crippen LogP contribution in [0, 0.1) is 0 Å². The number of aryl methyl sites for hydroxylation is 1. The second-order valence-corrected chi connectivity index (χ2v) is 6.21. The first-order chi connectivity index (χ1) is 11.2. The number of aromatic nitrogens is 2. The predicted molar refractivity (Wildman–Crippen MR) is 98.1 cm³/mol. The van der Waals surface area contributed by atoms with Crippen LogP contribution in [0.5, 0.6) is 0 Å². The Morgan fingerprint density at radius 2 is 1.65 bits per heavy atom. The van der Waals surface area contributed by atoms with Gasteiger partial charge in [0.2, 0.25) is 0 Å². The van der Waals surface area contributed by atoms with Crippen molar-refractivity contribution in [3.63, 3.8) is 0 Å². The number of hydrogen-bond donors (Lipinski definition) is 1. The molecule has 1 heterocycles. The second-order valence-electron chi connectivity index (χ2n) is 6.21. The van der Waals surface area contributed by atoms with E-state index in [1.807, 2.05) is 24.3 Å². The molecule has 1 N–H and O–H groups in total. The van der Waals surface area contributed by atoms with E-state index in [4.69, 9.17) is 0 Å². The van der Waals surface area contributed by atoms with E-state index in [0.717, 1.165) is 24.0 Å². The summed E-state index contributed by atoms with van der Waals surface area (Å²) in [5.74, 6) is 0.467. The highest BCUT2D eigenvalue weighted by Gasteiger charge is 2.07. The maximum Gasteiger partial charge on any atom is 0.293 e. The fourth-order valence-corrected chi connectivity index (χ4v) is 2.86. The molecule has 0 aliphatic rings. The van der Waals surface area contributed by atoms with Crippen LogP contribution in [0.2, 0.25) is 0 Å². The molecule has 1 aromatic carbocycles. The van der Waals surface area contributed by atoms with Crippen molar-refractivity contribution in [1.82, 2.24) is 9.55 Å². The third-order valence-corrected chi connectivity index (χ3v) is 4.31. The Morgan fingerprint density at radius 1 is 1.00 bits per heavy atom. The zero-order valence-corrected chi connectivity index (χ0v) is 14.5. The molecule has 4 heteroatoms. The first-order valence-corrected chi connectivity index (χ1v) is 8.93. The standard InChI is InChI=1S/C19H29N3O/c1-3-4-5-6-7-8-9-12-15-20-18-19(23)22(2)17-14-11-10-13-16(17)21-18/h10-11,13-14H,3-9,12,15H2,1-2H3,(H,20,21). The summed E-state index contributed by atoms with van der Waals surface area (Å²) < 4.78 is 1.67. The number of fused-ring (bicyclic) bond motifs is 1. The van der Waals surface area contributed by atoms with Crippen molar-refractivity contribution in [3.05, 3.63) is 34.6 Å². The lowest BCUT2D eigenvalue weighted by atomic mass is 10.1. The summed E-state index contributed by atoms with van der Waals surface area (Å²) in [4.78, 5) is 16.7. The van der Waals surface area contributed by atoms with Gasteiger partial charge >= 0.3 is 0 Å². The predicted octanol–water partition coefficient (Wildman–Crippen LogP) is 4.49. The van der Waals surface area contributed by atoms with Gasteiger partial charge < -0.3 is 9.88 Å². The molecule has 0 amide bonds. The Balaban J connectivity index is 1.77. The van der Waals surface area contributed by atoms with Gasteiger partial charge in [0.25, 0.3) is 5.56 Å². The van der Waals surface area contributed by atoms with Crippen LogP contribution >= 0.6 is 0 Å². The summed E-state index contributed by atoms with van der Waals surface area (Å²) in [5, 5.41) is 3.21. The quantitative estimate of drug-likeness (QED) is 0.657. The van der Waals surface area contributed by atoms with Crippen molar-refractivity contribution in [3.8, 4) is 0 Å². The molecule has 0 unspecified atom stereocenters. The summed E-state index contributed by atoms with van der Waals surface area (Å²) >= 11 is 0. The Labute approximate surface area is 138 Å². The molecule has 2 rings (SSSR count). The van der Waals surface area contributed by atoms with Gasteiger partial charge in [-0.1, -0.05) is 64.0 Å². The summed E-state index contributed by atoms with van der Waals surface area (Å²) in [7, 11) is 1.80. The molecule has 0 saturated carbocycles. The fraction of sp³-hybridized carbons (Fsp3) is 0.579. The van der Waals surface area contributed by atoms with Gasteiger partial charge in [-0.3, -0.25) is 4.79 Å². The topological polar surface area (TPSA) is 46.9 Å². The van der Waals surface area contributed by atoms with E-state index < -0.39 is 0 Å². The molecule has 0 spiro atoms. The maximum absolute atomic E-state index is 12.3. The highest BCUT2D eigenvalue weighted by atomic mass is 16.1. The van der Waals surface area contributed by atoms with E-state index in [1.165, 1.54) is 44.9 Å². The van der Waals surface area contributed by atoms with Crippen molar-refractivity contribution in [2.75, 3.05) is 11.9 Å².